The third-order valence-corrected chi connectivity index (χ3v) is 14.7. The van der Waals surface area contributed by atoms with Crippen LogP contribution in [0.15, 0.2) is 12.2 Å². The zero-order valence-electron chi connectivity index (χ0n) is 16.7. The second-order valence-corrected chi connectivity index (χ2v) is 19.3. The quantitative estimate of drug-likeness (QED) is 0.641. The van der Waals surface area contributed by atoms with Crippen molar-refractivity contribution in [3.63, 3.8) is 0 Å². The van der Waals surface area contributed by atoms with Crippen LogP contribution >= 0.6 is 0 Å². The van der Waals surface area contributed by atoms with E-state index in [9.17, 15) is 4.79 Å². The van der Waals surface area contributed by atoms with Crippen molar-refractivity contribution in [2.24, 2.45) is 0 Å². The Morgan fingerprint density at radius 2 is 1.35 bits per heavy atom. The molecule has 1 aliphatic carbocycles. The average molecular weight is 357 g/mol. The van der Waals surface area contributed by atoms with Crippen LogP contribution in [0.2, 0.25) is 36.3 Å². The van der Waals surface area contributed by atoms with Gasteiger partial charge in [-0.3, -0.25) is 4.79 Å². The second-order valence-electron chi connectivity index (χ2n) is 9.79. The summed E-state index contributed by atoms with van der Waals surface area (Å²) in [5, 5.41) is 0.266. The lowest BCUT2D eigenvalue weighted by Gasteiger charge is -2.45. The minimum Gasteiger partial charge on any atom is -0.411 e. The fraction of sp³-hybridized carbons (Fsp3) is 0.833. The molecule has 0 radical (unpaired) electrons. The number of hydrogen-bond acceptors (Lipinski definition) is 3. The summed E-state index contributed by atoms with van der Waals surface area (Å²) in [6, 6.07) is 0. The molecule has 0 heterocycles. The molecule has 1 aliphatic rings. The Morgan fingerprint density at radius 1 is 0.913 bits per heavy atom. The van der Waals surface area contributed by atoms with Crippen molar-refractivity contribution >= 4 is 22.4 Å². The standard InChI is InChI=1S/C18H36O3Si2/c1-17(2,3)22(7,8)20-15-12-11-14(19)13-16(15)21-23(9,10)18(4,5)6/h11-12,15-16H,13H2,1-10H3/t15-,16+/m1/s1. The molecule has 0 aliphatic heterocycles. The fourth-order valence-corrected chi connectivity index (χ4v) is 4.60. The molecule has 3 nitrogen and oxygen atoms in total. The van der Waals surface area contributed by atoms with Gasteiger partial charge in [-0.1, -0.05) is 47.6 Å². The van der Waals surface area contributed by atoms with Gasteiger partial charge < -0.3 is 8.85 Å². The van der Waals surface area contributed by atoms with Crippen LogP contribution in [-0.4, -0.2) is 34.6 Å². The summed E-state index contributed by atoms with van der Waals surface area (Å²) in [6.07, 6.45) is 3.76. The molecular weight excluding hydrogens is 320 g/mol. The number of ketones is 1. The molecule has 0 saturated carbocycles. The summed E-state index contributed by atoms with van der Waals surface area (Å²) in [7, 11) is -3.84. The smallest absolute Gasteiger partial charge is 0.193 e. The first-order valence-corrected chi connectivity index (χ1v) is 14.5. The lowest BCUT2D eigenvalue weighted by molar-refractivity contribution is -0.118. The van der Waals surface area contributed by atoms with Crippen LogP contribution in [-0.2, 0) is 13.6 Å². The predicted octanol–water partition coefficient (Wildman–Crippen LogP) is 5.30. The molecule has 0 unspecified atom stereocenters. The van der Waals surface area contributed by atoms with Gasteiger partial charge in [0.25, 0.3) is 0 Å². The highest BCUT2D eigenvalue weighted by Gasteiger charge is 2.45. The third kappa shape index (κ3) is 5.12. The molecule has 5 heteroatoms. The van der Waals surface area contributed by atoms with Gasteiger partial charge in [-0.2, -0.15) is 0 Å². The molecule has 134 valence electrons. The number of hydrogen-bond donors (Lipinski definition) is 0. The van der Waals surface area contributed by atoms with Crippen LogP contribution in [0.4, 0.5) is 0 Å². The van der Waals surface area contributed by atoms with E-state index in [-0.39, 0.29) is 28.1 Å². The Kier molecular flexibility index (Phi) is 5.95. The van der Waals surface area contributed by atoms with Crippen LogP contribution in [0.25, 0.3) is 0 Å². The van der Waals surface area contributed by atoms with Gasteiger partial charge in [0.1, 0.15) is 0 Å². The highest BCUT2D eigenvalue weighted by molar-refractivity contribution is 6.74. The van der Waals surface area contributed by atoms with Crippen molar-refractivity contribution in [3.8, 4) is 0 Å². The Bertz CT molecular complexity index is 468. The lowest BCUT2D eigenvalue weighted by Crippen LogP contribution is -2.52. The molecular formula is C18H36O3Si2. The fourth-order valence-electron chi connectivity index (χ4n) is 2.00. The van der Waals surface area contributed by atoms with Gasteiger partial charge in [-0.05, 0) is 42.3 Å². The Hall–Kier alpha value is -0.236. The van der Waals surface area contributed by atoms with Gasteiger partial charge in [0.2, 0.25) is 0 Å². The first-order chi connectivity index (χ1) is 10.1. The van der Waals surface area contributed by atoms with Crippen molar-refractivity contribution in [1.82, 2.24) is 0 Å². The zero-order valence-corrected chi connectivity index (χ0v) is 18.7. The average Bonchev–Trinajstić information content (AvgIpc) is 2.29. The molecule has 1 rings (SSSR count). The summed E-state index contributed by atoms with van der Waals surface area (Å²) in [5.41, 5.74) is 0. The van der Waals surface area contributed by atoms with E-state index < -0.39 is 16.6 Å². The van der Waals surface area contributed by atoms with E-state index in [4.69, 9.17) is 8.85 Å². The van der Waals surface area contributed by atoms with Gasteiger partial charge in [0, 0.05) is 6.42 Å². The van der Waals surface area contributed by atoms with Crippen LogP contribution in [0, 0.1) is 0 Å². The van der Waals surface area contributed by atoms with E-state index in [2.05, 4.69) is 67.7 Å². The molecule has 0 saturated heterocycles. The molecule has 0 N–H and O–H groups in total. The summed E-state index contributed by atoms with van der Waals surface area (Å²) >= 11 is 0. The van der Waals surface area contributed by atoms with E-state index in [1.807, 2.05) is 6.08 Å². The van der Waals surface area contributed by atoms with Gasteiger partial charge in [-0.15, -0.1) is 0 Å². The maximum absolute atomic E-state index is 11.9. The highest BCUT2D eigenvalue weighted by atomic mass is 28.4. The van der Waals surface area contributed by atoms with Gasteiger partial charge in [0.15, 0.2) is 22.4 Å². The monoisotopic (exact) mass is 356 g/mol. The third-order valence-electron chi connectivity index (χ3n) is 5.73. The van der Waals surface area contributed by atoms with E-state index in [0.29, 0.717) is 6.42 Å². The molecule has 2 atom stereocenters. The van der Waals surface area contributed by atoms with Crippen LogP contribution < -0.4 is 0 Å². The Morgan fingerprint density at radius 3 is 1.78 bits per heavy atom. The minimum atomic E-state index is -1.94. The van der Waals surface area contributed by atoms with Gasteiger partial charge in [-0.25, -0.2) is 0 Å². The number of carbonyl (C=O) groups is 1. The number of carbonyl (C=O) groups excluding carboxylic acids is 1. The zero-order chi connectivity index (χ0) is 18.3. The lowest BCUT2D eigenvalue weighted by atomic mass is 10.0. The maximum atomic E-state index is 11.9. The minimum absolute atomic E-state index is 0.109. The highest BCUT2D eigenvalue weighted by Crippen LogP contribution is 2.41. The second kappa shape index (κ2) is 6.58. The van der Waals surface area contributed by atoms with E-state index in [1.165, 1.54) is 0 Å². The van der Waals surface area contributed by atoms with Crippen molar-refractivity contribution in [3.05, 3.63) is 12.2 Å². The molecule has 0 amide bonds. The predicted molar refractivity (Wildman–Crippen MR) is 103 cm³/mol. The van der Waals surface area contributed by atoms with Crippen molar-refractivity contribution in [2.75, 3.05) is 0 Å². The van der Waals surface area contributed by atoms with Crippen molar-refractivity contribution in [1.29, 1.82) is 0 Å². The Balaban J connectivity index is 3.00. The number of rotatable bonds is 4. The van der Waals surface area contributed by atoms with Crippen molar-refractivity contribution in [2.45, 2.75) is 96.4 Å². The normalized spacial score (nSPS) is 24.2. The molecule has 0 fully saturated rings. The van der Waals surface area contributed by atoms with Gasteiger partial charge >= 0.3 is 0 Å². The number of allylic oxidation sites excluding steroid dienone is 1. The first-order valence-electron chi connectivity index (χ1n) is 8.63. The summed E-state index contributed by atoms with van der Waals surface area (Å²) in [5.74, 6) is 0.142. The van der Waals surface area contributed by atoms with E-state index in [0.717, 1.165) is 0 Å². The SMILES string of the molecule is CC(C)(C)[Si](C)(C)O[C@H]1CC(=O)C=C[C@H]1O[Si](C)(C)C(C)(C)C. The largest absolute Gasteiger partial charge is 0.411 e. The Labute approximate surface area is 145 Å². The molecule has 0 spiro atoms. The summed E-state index contributed by atoms with van der Waals surface area (Å²) in [4.78, 5) is 11.9. The van der Waals surface area contributed by atoms with Gasteiger partial charge in [0.05, 0.1) is 12.2 Å². The summed E-state index contributed by atoms with van der Waals surface area (Å²) in [6.45, 7) is 22.4. The van der Waals surface area contributed by atoms with Crippen LogP contribution in [0.3, 0.4) is 0 Å². The topological polar surface area (TPSA) is 35.5 Å². The molecule has 23 heavy (non-hydrogen) atoms. The summed E-state index contributed by atoms with van der Waals surface area (Å²) < 4.78 is 13.1. The van der Waals surface area contributed by atoms with E-state index >= 15 is 0 Å². The molecule has 0 aromatic rings. The first kappa shape index (κ1) is 20.8. The van der Waals surface area contributed by atoms with Crippen molar-refractivity contribution < 1.29 is 13.6 Å². The van der Waals surface area contributed by atoms with Crippen LogP contribution in [0.1, 0.15) is 48.0 Å². The van der Waals surface area contributed by atoms with E-state index in [1.54, 1.807) is 6.08 Å². The van der Waals surface area contributed by atoms with Crippen LogP contribution in [0.5, 0.6) is 0 Å². The molecule has 0 aromatic heterocycles. The molecule has 0 aromatic carbocycles. The maximum Gasteiger partial charge on any atom is 0.193 e. The molecule has 0 bridgehead atoms.